The van der Waals surface area contributed by atoms with Gasteiger partial charge in [-0.25, -0.2) is 4.98 Å². The number of nitrogens with zero attached hydrogens (tertiary/aromatic N) is 3. The minimum Gasteiger partial charge on any atom is -0.373 e. The Morgan fingerprint density at radius 2 is 2.20 bits per heavy atom. The zero-order valence-corrected chi connectivity index (χ0v) is 17.1. The van der Waals surface area contributed by atoms with Crippen LogP contribution in [0.3, 0.4) is 0 Å². The van der Waals surface area contributed by atoms with Crippen molar-refractivity contribution in [1.29, 1.82) is 0 Å². The Morgan fingerprint density at radius 3 is 2.88 bits per heavy atom. The fourth-order valence-electron chi connectivity index (χ4n) is 4.04. The van der Waals surface area contributed by atoms with Crippen molar-refractivity contribution in [3.05, 3.63) is 23.9 Å². The van der Waals surface area contributed by atoms with Gasteiger partial charge in [-0.2, -0.15) is 0 Å². The van der Waals surface area contributed by atoms with Crippen LogP contribution >= 0.6 is 24.0 Å². The third kappa shape index (κ3) is 4.36. The number of hydrogen-bond donors (Lipinski definition) is 2. The van der Waals surface area contributed by atoms with E-state index >= 15 is 0 Å². The topological polar surface area (TPSA) is 61.8 Å². The molecule has 0 amide bonds. The first-order chi connectivity index (χ1) is 11.8. The zero-order chi connectivity index (χ0) is 16.4. The molecule has 0 aromatic carbocycles. The van der Waals surface area contributed by atoms with Crippen molar-refractivity contribution in [2.45, 2.75) is 56.9 Å². The maximum atomic E-state index is 5.91. The van der Waals surface area contributed by atoms with E-state index in [2.05, 4.69) is 37.6 Å². The Morgan fingerprint density at radius 1 is 1.36 bits per heavy atom. The highest BCUT2D eigenvalue weighted by molar-refractivity contribution is 14.0. The van der Waals surface area contributed by atoms with Gasteiger partial charge in [-0.3, -0.25) is 4.99 Å². The van der Waals surface area contributed by atoms with Crippen LogP contribution in [0.2, 0.25) is 0 Å². The van der Waals surface area contributed by atoms with Gasteiger partial charge in [0.1, 0.15) is 5.82 Å². The Hall–Kier alpha value is -1.09. The van der Waals surface area contributed by atoms with Crippen LogP contribution in [0.4, 0.5) is 5.82 Å². The van der Waals surface area contributed by atoms with Crippen LogP contribution in [0.15, 0.2) is 23.3 Å². The van der Waals surface area contributed by atoms with Crippen molar-refractivity contribution in [3.63, 3.8) is 0 Å². The van der Waals surface area contributed by atoms with Gasteiger partial charge in [-0.1, -0.05) is 0 Å². The molecule has 2 bridgehead atoms. The molecule has 3 unspecified atom stereocenters. The van der Waals surface area contributed by atoms with Gasteiger partial charge >= 0.3 is 0 Å². The van der Waals surface area contributed by atoms with Crippen molar-refractivity contribution < 1.29 is 4.74 Å². The van der Waals surface area contributed by atoms with Gasteiger partial charge in [-0.15, -0.1) is 24.0 Å². The summed E-state index contributed by atoms with van der Waals surface area (Å²) in [6, 6.07) is 4.65. The number of aliphatic imine (C=N–C) groups is 1. The summed E-state index contributed by atoms with van der Waals surface area (Å²) in [7, 11) is 1.83. The zero-order valence-electron chi connectivity index (χ0n) is 14.8. The van der Waals surface area contributed by atoms with Crippen LogP contribution in [0.5, 0.6) is 0 Å². The summed E-state index contributed by atoms with van der Waals surface area (Å²) in [5.41, 5.74) is 1.24. The molecule has 0 saturated carbocycles. The van der Waals surface area contributed by atoms with Crippen molar-refractivity contribution in [3.8, 4) is 0 Å². The molecule has 7 heteroatoms. The van der Waals surface area contributed by atoms with E-state index in [0.717, 1.165) is 37.8 Å². The van der Waals surface area contributed by atoms with E-state index in [4.69, 9.17) is 4.74 Å². The van der Waals surface area contributed by atoms with E-state index in [1.807, 2.05) is 13.2 Å². The molecule has 3 fully saturated rings. The molecule has 0 spiro atoms. The summed E-state index contributed by atoms with van der Waals surface area (Å²) in [5.74, 6) is 1.95. The normalized spacial score (nSPS) is 28.1. The Kier molecular flexibility index (Phi) is 6.38. The lowest BCUT2D eigenvalue weighted by Gasteiger charge is -2.23. The molecule has 2 N–H and O–H groups in total. The second-order valence-electron chi connectivity index (χ2n) is 7.00. The number of aromatic nitrogens is 1. The third-order valence-corrected chi connectivity index (χ3v) is 5.35. The lowest BCUT2D eigenvalue weighted by Crippen LogP contribution is -2.47. The van der Waals surface area contributed by atoms with Crippen molar-refractivity contribution in [2.75, 3.05) is 25.0 Å². The number of rotatable bonds is 4. The van der Waals surface area contributed by atoms with Gasteiger partial charge in [0.2, 0.25) is 0 Å². The minimum atomic E-state index is 0. The average Bonchev–Trinajstić information content (AvgIpc) is 3.36. The van der Waals surface area contributed by atoms with E-state index in [1.54, 1.807) is 0 Å². The maximum absolute atomic E-state index is 5.91. The number of nitrogens with one attached hydrogen (secondary N) is 2. The molecule has 25 heavy (non-hydrogen) atoms. The third-order valence-electron chi connectivity index (χ3n) is 5.35. The molecular formula is C18H28IN5O. The molecule has 6 nitrogen and oxygen atoms in total. The number of fused-ring (bicyclic) bond motifs is 2. The van der Waals surface area contributed by atoms with E-state index in [9.17, 15) is 0 Å². The van der Waals surface area contributed by atoms with Crippen molar-refractivity contribution in [1.82, 2.24) is 15.6 Å². The highest BCUT2D eigenvalue weighted by Gasteiger charge is 2.41. The summed E-state index contributed by atoms with van der Waals surface area (Å²) in [6.45, 7) is 3.00. The number of anilines is 1. The van der Waals surface area contributed by atoms with Crippen LogP contribution in [0.1, 0.15) is 37.7 Å². The van der Waals surface area contributed by atoms with Gasteiger partial charge in [0, 0.05) is 32.9 Å². The summed E-state index contributed by atoms with van der Waals surface area (Å²) in [4.78, 5) is 11.2. The van der Waals surface area contributed by atoms with Gasteiger partial charge < -0.3 is 20.3 Å². The smallest absolute Gasteiger partial charge is 0.191 e. The summed E-state index contributed by atoms with van der Waals surface area (Å²) in [5, 5.41) is 6.95. The number of ether oxygens (including phenoxy) is 1. The Bertz CT molecular complexity index is 605. The Labute approximate surface area is 166 Å². The van der Waals surface area contributed by atoms with E-state index in [0.29, 0.717) is 18.2 Å². The second-order valence-corrected chi connectivity index (χ2v) is 7.00. The van der Waals surface area contributed by atoms with Crippen LogP contribution in [0.25, 0.3) is 0 Å². The first-order valence-electron chi connectivity index (χ1n) is 9.14. The molecule has 3 aliphatic heterocycles. The first kappa shape index (κ1) is 18.7. The predicted molar refractivity (Wildman–Crippen MR) is 111 cm³/mol. The molecule has 4 rings (SSSR count). The van der Waals surface area contributed by atoms with E-state index < -0.39 is 0 Å². The highest BCUT2D eigenvalue weighted by atomic mass is 127. The summed E-state index contributed by atoms with van der Waals surface area (Å²) < 4.78 is 5.91. The summed E-state index contributed by atoms with van der Waals surface area (Å²) in [6.07, 6.45) is 8.74. The van der Waals surface area contributed by atoms with E-state index in [1.165, 1.54) is 31.2 Å². The monoisotopic (exact) mass is 457 g/mol. The molecule has 3 saturated heterocycles. The molecule has 4 heterocycles. The SMILES string of the molecule is CN=C(NCc1ccnc(N2CCCC2)c1)NC1CC2CCC1O2.I. The van der Waals surface area contributed by atoms with Gasteiger partial charge in [0.25, 0.3) is 0 Å². The molecular weight excluding hydrogens is 429 g/mol. The predicted octanol–water partition coefficient (Wildman–Crippen LogP) is 2.28. The van der Waals surface area contributed by atoms with E-state index in [-0.39, 0.29) is 24.0 Å². The standard InChI is InChI=1S/C18H27N5O.HI/c1-19-18(22-15-11-14-4-5-16(15)24-14)21-12-13-6-7-20-17(10-13)23-8-2-3-9-23;/h6-7,10,14-16H,2-5,8-9,11-12H2,1H3,(H2,19,21,22);1H. The molecule has 138 valence electrons. The van der Waals surface area contributed by atoms with Gasteiger partial charge in [0.05, 0.1) is 18.2 Å². The Balaban J connectivity index is 0.00000182. The van der Waals surface area contributed by atoms with Gasteiger partial charge in [0.15, 0.2) is 5.96 Å². The molecule has 0 radical (unpaired) electrons. The van der Waals surface area contributed by atoms with Crippen molar-refractivity contribution >= 4 is 35.8 Å². The fourth-order valence-corrected chi connectivity index (χ4v) is 4.04. The molecule has 0 aliphatic carbocycles. The molecule has 3 atom stereocenters. The molecule has 1 aromatic heterocycles. The number of pyridine rings is 1. The molecule has 1 aromatic rings. The van der Waals surface area contributed by atoms with Gasteiger partial charge in [-0.05, 0) is 49.8 Å². The lowest BCUT2D eigenvalue weighted by atomic mass is 9.96. The van der Waals surface area contributed by atoms with Crippen LogP contribution < -0.4 is 15.5 Å². The minimum absolute atomic E-state index is 0. The number of guanidine groups is 1. The second kappa shape index (κ2) is 8.53. The largest absolute Gasteiger partial charge is 0.373 e. The van der Waals surface area contributed by atoms with Crippen molar-refractivity contribution in [2.24, 2.45) is 4.99 Å². The highest BCUT2D eigenvalue weighted by Crippen LogP contribution is 2.34. The lowest BCUT2D eigenvalue weighted by molar-refractivity contribution is 0.0992. The molecule has 3 aliphatic rings. The van der Waals surface area contributed by atoms with Crippen LogP contribution in [0, 0.1) is 0 Å². The fraction of sp³-hybridized carbons (Fsp3) is 0.667. The average molecular weight is 457 g/mol. The maximum Gasteiger partial charge on any atom is 0.191 e. The quantitative estimate of drug-likeness (QED) is 0.413. The van der Waals surface area contributed by atoms with Crippen LogP contribution in [-0.2, 0) is 11.3 Å². The first-order valence-corrected chi connectivity index (χ1v) is 9.14. The van der Waals surface area contributed by atoms with Crippen LogP contribution in [-0.4, -0.2) is 49.3 Å². The number of halogens is 1. The summed E-state index contributed by atoms with van der Waals surface area (Å²) >= 11 is 0. The number of hydrogen-bond acceptors (Lipinski definition) is 4.